The highest BCUT2D eigenvalue weighted by atomic mass is 35.5. The first-order chi connectivity index (χ1) is 10.6. The topological polar surface area (TPSA) is 41.6 Å². The van der Waals surface area contributed by atoms with E-state index in [2.05, 4.69) is 5.32 Å². The average molecular weight is 357 g/mol. The smallest absolute Gasteiger partial charge is 0.322 e. The van der Waals surface area contributed by atoms with E-state index in [1.807, 2.05) is 29.6 Å². The standard InChI is InChI=1S/C15H14Cl2N2O2S/c16-11-6-10(7-12(17)8-11)13-9-19(3-4-21-13)15(20)18-14-2-1-5-22-14/h1-2,5-8,13H,3-4,9H2,(H,18,20). The lowest BCUT2D eigenvalue weighted by molar-refractivity contribution is -0.0134. The van der Waals surface area contributed by atoms with Gasteiger partial charge in [0.15, 0.2) is 0 Å². The molecule has 1 aliphatic heterocycles. The van der Waals surface area contributed by atoms with Crippen LogP contribution in [0.1, 0.15) is 11.7 Å². The first-order valence-electron chi connectivity index (χ1n) is 6.79. The summed E-state index contributed by atoms with van der Waals surface area (Å²) < 4.78 is 5.75. The third kappa shape index (κ3) is 3.73. The summed E-state index contributed by atoms with van der Waals surface area (Å²) in [5.41, 5.74) is 0.881. The second-order valence-corrected chi connectivity index (χ2v) is 6.74. The first kappa shape index (κ1) is 15.6. The number of carbonyl (C=O) groups is 1. The van der Waals surface area contributed by atoms with E-state index in [1.54, 1.807) is 11.0 Å². The molecule has 0 aliphatic carbocycles. The number of nitrogens with zero attached hydrogens (tertiary/aromatic N) is 1. The van der Waals surface area contributed by atoms with E-state index < -0.39 is 0 Å². The Bertz CT molecular complexity index is 643. The maximum Gasteiger partial charge on any atom is 0.322 e. The summed E-state index contributed by atoms with van der Waals surface area (Å²) in [7, 11) is 0. The Morgan fingerprint density at radius 3 is 2.77 bits per heavy atom. The third-order valence-electron chi connectivity index (χ3n) is 3.36. The second kappa shape index (κ2) is 6.87. The van der Waals surface area contributed by atoms with Gasteiger partial charge in [-0.2, -0.15) is 0 Å². The van der Waals surface area contributed by atoms with Gasteiger partial charge in [0.25, 0.3) is 0 Å². The number of halogens is 2. The molecule has 1 aromatic carbocycles. The van der Waals surface area contributed by atoms with Crippen molar-refractivity contribution in [1.82, 2.24) is 4.90 Å². The number of ether oxygens (including phenoxy) is 1. The van der Waals surface area contributed by atoms with Crippen LogP contribution in [0.3, 0.4) is 0 Å². The Kier molecular flexibility index (Phi) is 4.88. The van der Waals surface area contributed by atoms with Gasteiger partial charge in [-0.15, -0.1) is 11.3 Å². The Morgan fingerprint density at radius 2 is 2.09 bits per heavy atom. The molecule has 0 spiro atoms. The molecule has 0 bridgehead atoms. The maximum atomic E-state index is 12.3. The van der Waals surface area contributed by atoms with Gasteiger partial charge in [0.05, 0.1) is 18.2 Å². The number of anilines is 1. The van der Waals surface area contributed by atoms with Gasteiger partial charge >= 0.3 is 6.03 Å². The fourth-order valence-electron chi connectivity index (χ4n) is 2.33. The Labute approximate surface area is 142 Å². The van der Waals surface area contributed by atoms with Crippen LogP contribution in [0.4, 0.5) is 9.80 Å². The minimum atomic E-state index is -0.223. The number of nitrogens with one attached hydrogen (secondary N) is 1. The van der Waals surface area contributed by atoms with Crippen molar-refractivity contribution >= 4 is 45.6 Å². The summed E-state index contributed by atoms with van der Waals surface area (Å²) in [6, 6.07) is 8.96. The van der Waals surface area contributed by atoms with E-state index in [0.717, 1.165) is 10.6 Å². The monoisotopic (exact) mass is 356 g/mol. The number of urea groups is 1. The Morgan fingerprint density at radius 1 is 1.32 bits per heavy atom. The zero-order valence-electron chi connectivity index (χ0n) is 11.6. The van der Waals surface area contributed by atoms with Crippen molar-refractivity contribution in [3.63, 3.8) is 0 Å². The van der Waals surface area contributed by atoms with Crippen LogP contribution in [0.2, 0.25) is 10.0 Å². The van der Waals surface area contributed by atoms with Crippen molar-refractivity contribution in [2.75, 3.05) is 25.0 Å². The molecule has 1 unspecified atom stereocenters. The van der Waals surface area contributed by atoms with Crippen molar-refractivity contribution in [1.29, 1.82) is 0 Å². The van der Waals surface area contributed by atoms with Gasteiger partial charge in [-0.25, -0.2) is 4.79 Å². The number of hydrogen-bond donors (Lipinski definition) is 1. The molecule has 1 aliphatic rings. The van der Waals surface area contributed by atoms with Crippen molar-refractivity contribution in [2.45, 2.75) is 6.10 Å². The molecule has 4 nitrogen and oxygen atoms in total. The number of thiophene rings is 1. The van der Waals surface area contributed by atoms with Gasteiger partial charge in [0, 0.05) is 16.6 Å². The van der Waals surface area contributed by atoms with Crippen LogP contribution in [-0.4, -0.2) is 30.6 Å². The van der Waals surface area contributed by atoms with Gasteiger partial charge in [-0.1, -0.05) is 23.2 Å². The first-order valence-corrected chi connectivity index (χ1v) is 8.42. The highest BCUT2D eigenvalue weighted by Crippen LogP contribution is 2.28. The predicted octanol–water partition coefficient (Wildman–Crippen LogP) is 4.66. The molecule has 1 atom stereocenters. The van der Waals surface area contributed by atoms with Crippen LogP contribution in [-0.2, 0) is 4.74 Å². The van der Waals surface area contributed by atoms with Crippen LogP contribution >= 0.6 is 34.5 Å². The molecular weight excluding hydrogens is 343 g/mol. The summed E-state index contributed by atoms with van der Waals surface area (Å²) in [5, 5.41) is 6.76. The number of hydrogen-bond acceptors (Lipinski definition) is 3. The fourth-order valence-corrected chi connectivity index (χ4v) is 3.48. The lowest BCUT2D eigenvalue weighted by atomic mass is 10.1. The molecule has 0 radical (unpaired) electrons. The van der Waals surface area contributed by atoms with Crippen molar-refractivity contribution in [3.8, 4) is 0 Å². The van der Waals surface area contributed by atoms with Crippen LogP contribution in [0.15, 0.2) is 35.7 Å². The lowest BCUT2D eigenvalue weighted by Crippen LogP contribution is -2.44. The molecule has 2 aromatic rings. The summed E-state index contributed by atoms with van der Waals surface area (Å²) in [5.74, 6) is 0. The van der Waals surface area contributed by atoms with Gasteiger partial charge in [-0.05, 0) is 41.3 Å². The summed E-state index contributed by atoms with van der Waals surface area (Å²) >= 11 is 13.6. The van der Waals surface area contributed by atoms with E-state index in [0.29, 0.717) is 29.7 Å². The van der Waals surface area contributed by atoms with E-state index in [1.165, 1.54) is 11.3 Å². The van der Waals surface area contributed by atoms with E-state index >= 15 is 0 Å². The molecule has 2 amide bonds. The maximum absolute atomic E-state index is 12.3. The van der Waals surface area contributed by atoms with Gasteiger partial charge < -0.3 is 9.64 Å². The molecule has 0 saturated carbocycles. The molecule has 116 valence electrons. The number of carbonyl (C=O) groups excluding carboxylic acids is 1. The molecule has 1 fully saturated rings. The predicted molar refractivity (Wildman–Crippen MR) is 90.1 cm³/mol. The van der Waals surface area contributed by atoms with Crippen LogP contribution in [0, 0.1) is 0 Å². The average Bonchev–Trinajstić information content (AvgIpc) is 2.99. The zero-order chi connectivity index (χ0) is 15.5. The molecule has 2 heterocycles. The Hall–Kier alpha value is -1.27. The SMILES string of the molecule is O=C(Nc1cccs1)N1CCOC(c2cc(Cl)cc(Cl)c2)C1. The van der Waals surface area contributed by atoms with E-state index in [4.69, 9.17) is 27.9 Å². The lowest BCUT2D eigenvalue weighted by Gasteiger charge is -2.33. The van der Waals surface area contributed by atoms with Crippen molar-refractivity contribution in [2.24, 2.45) is 0 Å². The molecule has 1 saturated heterocycles. The third-order valence-corrected chi connectivity index (χ3v) is 4.58. The van der Waals surface area contributed by atoms with Crippen LogP contribution in [0.5, 0.6) is 0 Å². The number of morpholine rings is 1. The largest absolute Gasteiger partial charge is 0.370 e. The van der Waals surface area contributed by atoms with Gasteiger partial charge in [-0.3, -0.25) is 5.32 Å². The molecular formula is C15H14Cl2N2O2S. The van der Waals surface area contributed by atoms with Crippen LogP contribution in [0.25, 0.3) is 0 Å². The summed E-state index contributed by atoms with van der Waals surface area (Å²) in [4.78, 5) is 14.0. The molecule has 22 heavy (non-hydrogen) atoms. The van der Waals surface area contributed by atoms with Gasteiger partial charge in [0.1, 0.15) is 6.10 Å². The highest BCUT2D eigenvalue weighted by Gasteiger charge is 2.26. The van der Waals surface area contributed by atoms with Gasteiger partial charge in [0.2, 0.25) is 0 Å². The second-order valence-electron chi connectivity index (χ2n) is 4.92. The van der Waals surface area contributed by atoms with E-state index in [9.17, 15) is 4.79 Å². The summed E-state index contributed by atoms with van der Waals surface area (Å²) in [6.07, 6.45) is -0.223. The zero-order valence-corrected chi connectivity index (χ0v) is 13.9. The quantitative estimate of drug-likeness (QED) is 0.849. The molecule has 1 aromatic heterocycles. The highest BCUT2D eigenvalue weighted by molar-refractivity contribution is 7.14. The van der Waals surface area contributed by atoms with Crippen molar-refractivity contribution in [3.05, 3.63) is 51.3 Å². The van der Waals surface area contributed by atoms with Crippen molar-refractivity contribution < 1.29 is 9.53 Å². The van der Waals surface area contributed by atoms with E-state index in [-0.39, 0.29) is 12.1 Å². The molecule has 1 N–H and O–H groups in total. The molecule has 3 rings (SSSR count). The minimum absolute atomic E-state index is 0.121. The normalized spacial score (nSPS) is 18.3. The Balaban J connectivity index is 1.69. The number of rotatable bonds is 2. The minimum Gasteiger partial charge on any atom is -0.370 e. The molecule has 7 heteroatoms. The fraction of sp³-hybridized carbons (Fsp3) is 0.267. The number of benzene rings is 1. The summed E-state index contributed by atoms with van der Waals surface area (Å²) in [6.45, 7) is 1.50. The number of amides is 2. The van der Waals surface area contributed by atoms with Crippen LogP contribution < -0.4 is 5.32 Å².